The van der Waals surface area contributed by atoms with E-state index in [0.29, 0.717) is 16.1 Å². The lowest BCUT2D eigenvalue weighted by Crippen LogP contribution is -2.49. The summed E-state index contributed by atoms with van der Waals surface area (Å²) in [5.41, 5.74) is 2.24. The maximum absolute atomic E-state index is 13.6. The van der Waals surface area contributed by atoms with Crippen LogP contribution in [0.15, 0.2) is 66.3 Å². The first-order valence-corrected chi connectivity index (χ1v) is 12.3. The molecule has 0 bridgehead atoms. The van der Waals surface area contributed by atoms with Crippen LogP contribution in [0, 0.1) is 6.92 Å². The zero-order chi connectivity index (χ0) is 23.9. The van der Waals surface area contributed by atoms with Crippen LogP contribution in [-0.4, -0.2) is 35.3 Å². The molecule has 2 N–H and O–H groups in total. The summed E-state index contributed by atoms with van der Waals surface area (Å²) < 4.78 is 0. The van der Waals surface area contributed by atoms with Crippen molar-refractivity contribution < 1.29 is 14.4 Å². The molecule has 0 saturated heterocycles. The minimum absolute atomic E-state index is 0.102. The maximum atomic E-state index is 13.6. The number of rotatable bonds is 8. The number of aromatic nitrogens is 1. The third-order valence-corrected chi connectivity index (χ3v) is 6.81. The number of aryl methyl sites for hydroxylation is 1. The van der Waals surface area contributed by atoms with Crippen LogP contribution >= 0.6 is 11.3 Å². The lowest BCUT2D eigenvalue weighted by atomic mass is 10.0. The fraction of sp³-hybridized carbons (Fsp3) is 0.308. The van der Waals surface area contributed by atoms with Gasteiger partial charge in [-0.3, -0.25) is 24.3 Å². The summed E-state index contributed by atoms with van der Waals surface area (Å²) in [5, 5.41) is 7.64. The molecule has 0 aliphatic heterocycles. The van der Waals surface area contributed by atoms with Crippen molar-refractivity contribution in [1.82, 2.24) is 15.6 Å². The molecule has 2 heterocycles. The number of carbonyl (C=O) groups is 3. The van der Waals surface area contributed by atoms with E-state index in [4.69, 9.17) is 0 Å². The second-order valence-corrected chi connectivity index (χ2v) is 9.39. The van der Waals surface area contributed by atoms with E-state index < -0.39 is 11.9 Å². The number of benzene rings is 1. The Hall–Kier alpha value is -3.52. The SMILES string of the molecule is Cc1ccc(C(C(=O)NC2CCCC2)N(C(=O)CNC(=O)c2cccs2)c2cccnc2)cc1. The van der Waals surface area contributed by atoms with E-state index in [9.17, 15) is 14.4 Å². The van der Waals surface area contributed by atoms with E-state index in [-0.39, 0.29) is 24.4 Å². The van der Waals surface area contributed by atoms with Gasteiger partial charge in [0, 0.05) is 12.2 Å². The molecule has 176 valence electrons. The molecule has 1 saturated carbocycles. The van der Waals surface area contributed by atoms with Crippen molar-refractivity contribution in [1.29, 1.82) is 0 Å². The molecule has 1 aliphatic carbocycles. The highest BCUT2D eigenvalue weighted by atomic mass is 32.1. The largest absolute Gasteiger partial charge is 0.351 e. The zero-order valence-corrected chi connectivity index (χ0v) is 19.9. The minimum atomic E-state index is -0.892. The van der Waals surface area contributed by atoms with Gasteiger partial charge in [0.1, 0.15) is 6.04 Å². The summed E-state index contributed by atoms with van der Waals surface area (Å²) >= 11 is 1.30. The van der Waals surface area contributed by atoms with Gasteiger partial charge in [-0.15, -0.1) is 11.3 Å². The van der Waals surface area contributed by atoms with Crippen LogP contribution < -0.4 is 15.5 Å². The average Bonchev–Trinajstić information content (AvgIpc) is 3.57. The number of anilines is 1. The Morgan fingerprint density at radius 2 is 1.85 bits per heavy atom. The van der Waals surface area contributed by atoms with Gasteiger partial charge in [-0.25, -0.2) is 0 Å². The van der Waals surface area contributed by atoms with Gasteiger partial charge < -0.3 is 10.6 Å². The first-order valence-electron chi connectivity index (χ1n) is 11.4. The van der Waals surface area contributed by atoms with Crippen LogP contribution in [0.1, 0.15) is 52.5 Å². The van der Waals surface area contributed by atoms with Crippen molar-refractivity contribution in [2.45, 2.75) is 44.7 Å². The molecule has 1 aromatic carbocycles. The van der Waals surface area contributed by atoms with E-state index in [1.165, 1.54) is 16.2 Å². The van der Waals surface area contributed by atoms with E-state index in [1.807, 2.05) is 31.2 Å². The highest BCUT2D eigenvalue weighted by molar-refractivity contribution is 7.12. The Morgan fingerprint density at radius 3 is 2.50 bits per heavy atom. The zero-order valence-electron chi connectivity index (χ0n) is 19.1. The predicted molar refractivity (Wildman–Crippen MR) is 133 cm³/mol. The lowest BCUT2D eigenvalue weighted by Gasteiger charge is -2.32. The Bertz CT molecular complexity index is 1110. The van der Waals surface area contributed by atoms with Crippen molar-refractivity contribution in [3.8, 4) is 0 Å². The van der Waals surface area contributed by atoms with Gasteiger partial charge >= 0.3 is 0 Å². The number of hydrogen-bond acceptors (Lipinski definition) is 5. The Balaban J connectivity index is 1.65. The quantitative estimate of drug-likeness (QED) is 0.514. The van der Waals surface area contributed by atoms with E-state index in [1.54, 1.807) is 42.0 Å². The Morgan fingerprint density at radius 1 is 1.09 bits per heavy atom. The van der Waals surface area contributed by atoms with Crippen molar-refractivity contribution in [3.05, 3.63) is 82.3 Å². The van der Waals surface area contributed by atoms with E-state index >= 15 is 0 Å². The molecular formula is C26H28N4O3S. The van der Waals surface area contributed by atoms with Crippen molar-refractivity contribution in [2.24, 2.45) is 0 Å². The third-order valence-electron chi connectivity index (χ3n) is 5.94. The molecule has 3 aromatic rings. The molecule has 1 unspecified atom stereocenters. The average molecular weight is 477 g/mol. The summed E-state index contributed by atoms with van der Waals surface area (Å²) in [6.45, 7) is 1.73. The van der Waals surface area contributed by atoms with E-state index in [2.05, 4.69) is 15.6 Å². The van der Waals surface area contributed by atoms with Gasteiger partial charge in [-0.1, -0.05) is 48.7 Å². The molecule has 1 aliphatic rings. The highest BCUT2D eigenvalue weighted by Gasteiger charge is 2.34. The number of thiophene rings is 1. The molecule has 8 heteroatoms. The van der Waals surface area contributed by atoms with Gasteiger partial charge in [-0.2, -0.15) is 0 Å². The Labute approximate surface area is 203 Å². The number of amides is 3. The summed E-state index contributed by atoms with van der Waals surface area (Å²) in [7, 11) is 0. The summed E-state index contributed by atoms with van der Waals surface area (Å²) in [6, 6.07) is 13.8. The smallest absolute Gasteiger partial charge is 0.261 e. The van der Waals surface area contributed by atoms with Gasteiger partial charge in [-0.05, 0) is 48.9 Å². The van der Waals surface area contributed by atoms with Gasteiger partial charge in [0.15, 0.2) is 0 Å². The topological polar surface area (TPSA) is 91.4 Å². The molecule has 4 rings (SSSR count). The number of carbonyl (C=O) groups excluding carboxylic acids is 3. The van der Waals surface area contributed by atoms with Crippen LogP contribution in [0.2, 0.25) is 0 Å². The van der Waals surface area contributed by atoms with Crippen LogP contribution in [0.4, 0.5) is 5.69 Å². The molecule has 2 aromatic heterocycles. The van der Waals surface area contributed by atoms with Crippen molar-refractivity contribution in [3.63, 3.8) is 0 Å². The number of hydrogen-bond donors (Lipinski definition) is 2. The number of pyridine rings is 1. The summed E-state index contributed by atoms with van der Waals surface area (Å²) in [5.74, 6) is -0.959. The molecule has 1 atom stereocenters. The van der Waals surface area contributed by atoms with Gasteiger partial charge in [0.2, 0.25) is 11.8 Å². The van der Waals surface area contributed by atoms with Gasteiger partial charge in [0.05, 0.1) is 23.3 Å². The van der Waals surface area contributed by atoms with Crippen LogP contribution in [-0.2, 0) is 9.59 Å². The molecular weight excluding hydrogens is 448 g/mol. The minimum Gasteiger partial charge on any atom is -0.351 e. The third kappa shape index (κ3) is 5.69. The number of nitrogens with zero attached hydrogens (tertiary/aromatic N) is 2. The standard InChI is InChI=1S/C26H28N4O3S/c1-18-10-12-19(13-11-18)24(26(33)29-20-6-2-3-7-20)30(21-8-4-14-27-16-21)23(31)17-28-25(32)22-9-5-15-34-22/h4-5,8-16,20,24H,2-3,6-7,17H2,1H3,(H,28,32)(H,29,33). The fourth-order valence-corrected chi connectivity index (χ4v) is 4.83. The van der Waals surface area contributed by atoms with E-state index in [0.717, 1.165) is 31.2 Å². The van der Waals surface area contributed by atoms with Crippen molar-refractivity contribution in [2.75, 3.05) is 11.4 Å². The monoisotopic (exact) mass is 476 g/mol. The van der Waals surface area contributed by atoms with Crippen LogP contribution in [0.5, 0.6) is 0 Å². The Kier molecular flexibility index (Phi) is 7.69. The second kappa shape index (κ2) is 11.1. The predicted octanol–water partition coefficient (Wildman–Crippen LogP) is 4.01. The molecule has 1 fully saturated rings. The molecule has 0 radical (unpaired) electrons. The lowest BCUT2D eigenvalue weighted by molar-refractivity contribution is -0.126. The molecule has 7 nitrogen and oxygen atoms in total. The van der Waals surface area contributed by atoms with Crippen molar-refractivity contribution >= 4 is 34.7 Å². The first kappa shape index (κ1) is 23.6. The van der Waals surface area contributed by atoms with Gasteiger partial charge in [0.25, 0.3) is 5.91 Å². The summed E-state index contributed by atoms with van der Waals surface area (Å²) in [6.07, 6.45) is 7.21. The normalized spacial score (nSPS) is 14.4. The molecule has 34 heavy (non-hydrogen) atoms. The van der Waals surface area contributed by atoms with Crippen LogP contribution in [0.25, 0.3) is 0 Å². The molecule has 3 amide bonds. The molecule has 0 spiro atoms. The first-order chi connectivity index (χ1) is 16.5. The maximum Gasteiger partial charge on any atom is 0.261 e. The summed E-state index contributed by atoms with van der Waals surface area (Å²) in [4.78, 5) is 45.7. The number of nitrogens with one attached hydrogen (secondary N) is 2. The second-order valence-electron chi connectivity index (χ2n) is 8.44. The fourth-order valence-electron chi connectivity index (χ4n) is 4.19. The highest BCUT2D eigenvalue weighted by Crippen LogP contribution is 2.29. The van der Waals surface area contributed by atoms with Crippen LogP contribution in [0.3, 0.4) is 0 Å².